The first kappa shape index (κ1) is 41.1. The zero-order valence-electron chi connectivity index (χ0n) is 36.9. The summed E-state index contributed by atoms with van der Waals surface area (Å²) in [5.74, 6) is -0.200. The maximum absolute atomic E-state index is 12.4. The van der Waals surface area contributed by atoms with Gasteiger partial charge in [0.15, 0.2) is 0 Å². The van der Waals surface area contributed by atoms with E-state index in [1.54, 1.807) is 31.4 Å². The molecule has 2 amide bonds. The number of nitrogens with two attached hydrogens (primary N) is 1. The second kappa shape index (κ2) is 16.6. The molecule has 8 aromatic heterocycles. The highest BCUT2D eigenvalue weighted by molar-refractivity contribution is 5.81. The van der Waals surface area contributed by atoms with Gasteiger partial charge in [0, 0.05) is 73.0 Å². The summed E-state index contributed by atoms with van der Waals surface area (Å²) in [6.07, 6.45) is 28.5. The van der Waals surface area contributed by atoms with Gasteiger partial charge in [-0.3, -0.25) is 28.3 Å². The molecule has 2 fully saturated rings. The van der Waals surface area contributed by atoms with Gasteiger partial charge < -0.3 is 10.6 Å². The normalized spacial score (nSPS) is 19.0. The van der Waals surface area contributed by atoms with Crippen LogP contribution in [0.25, 0.3) is 56.1 Å². The van der Waals surface area contributed by atoms with Crippen LogP contribution in [0.5, 0.6) is 0 Å². The molecule has 8 aromatic rings. The molecule has 0 aliphatic heterocycles. The van der Waals surface area contributed by atoms with E-state index < -0.39 is 0 Å². The quantitative estimate of drug-likeness (QED) is 0.110. The van der Waals surface area contributed by atoms with Gasteiger partial charge in [0.05, 0.1) is 107 Å². The van der Waals surface area contributed by atoms with Gasteiger partial charge >= 0.3 is 0 Å². The summed E-state index contributed by atoms with van der Waals surface area (Å²) in [6.45, 7) is 6.54. The summed E-state index contributed by atoms with van der Waals surface area (Å²) >= 11 is 0. The van der Waals surface area contributed by atoms with Crippen molar-refractivity contribution in [1.29, 1.82) is 0 Å². The SMILES string of the molecule is CCC(CC)n1cc(-c2nc(-c3cn(C4CC(C(N)=O)C4)nc3CCC(CC)n3cc(-c4nc(-c5cnn(C6CC(C(=O)N(C)C)C6)c5)cn5nccc45)cn3)cn3nccc23)cn1. The van der Waals surface area contributed by atoms with Crippen molar-refractivity contribution in [2.75, 3.05) is 14.1 Å². The van der Waals surface area contributed by atoms with Gasteiger partial charge in [-0.25, -0.2) is 19.0 Å². The largest absolute Gasteiger partial charge is 0.369 e. The van der Waals surface area contributed by atoms with Crippen molar-refractivity contribution < 1.29 is 9.59 Å². The molecule has 2 saturated carbocycles. The van der Waals surface area contributed by atoms with Gasteiger partial charge in [-0.05, 0) is 69.9 Å². The molecule has 0 radical (unpaired) electrons. The number of hydrogen-bond donors (Lipinski definition) is 1. The molecule has 2 aliphatic rings. The third-order valence-corrected chi connectivity index (χ3v) is 13.6. The van der Waals surface area contributed by atoms with E-state index in [0.717, 1.165) is 100 Å². The van der Waals surface area contributed by atoms with E-state index in [1.807, 2.05) is 77.1 Å². The molecule has 1 atom stereocenters. The third kappa shape index (κ3) is 7.43. The summed E-state index contributed by atoms with van der Waals surface area (Å²) in [4.78, 5) is 36.6. The Morgan fingerprint density at radius 3 is 1.84 bits per heavy atom. The van der Waals surface area contributed by atoms with Gasteiger partial charge in [-0.1, -0.05) is 20.8 Å². The lowest BCUT2D eigenvalue weighted by Gasteiger charge is -2.35. The number of hydrogen-bond acceptors (Lipinski definition) is 10. The van der Waals surface area contributed by atoms with Crippen LogP contribution in [0, 0.1) is 11.8 Å². The van der Waals surface area contributed by atoms with Crippen LogP contribution in [0.3, 0.4) is 0 Å². The van der Waals surface area contributed by atoms with Crippen LogP contribution < -0.4 is 5.73 Å². The van der Waals surface area contributed by atoms with Gasteiger partial charge in [0.25, 0.3) is 0 Å². The van der Waals surface area contributed by atoms with Crippen molar-refractivity contribution in [3.8, 4) is 45.0 Å². The molecule has 18 nitrogen and oxygen atoms in total. The molecule has 0 saturated heterocycles. The maximum Gasteiger partial charge on any atom is 0.225 e. The summed E-state index contributed by atoms with van der Waals surface area (Å²) in [6, 6.07) is 4.58. The predicted octanol–water partition coefficient (Wildman–Crippen LogP) is 6.65. The van der Waals surface area contributed by atoms with E-state index in [1.165, 1.54) is 0 Å². The first-order chi connectivity index (χ1) is 31.1. The van der Waals surface area contributed by atoms with Crippen molar-refractivity contribution in [3.05, 3.63) is 86.0 Å². The van der Waals surface area contributed by atoms with Gasteiger partial charge in [-0.15, -0.1) is 0 Å². The van der Waals surface area contributed by atoms with Crippen LogP contribution in [-0.2, 0) is 16.0 Å². The lowest BCUT2D eigenvalue weighted by Crippen LogP contribution is -2.39. The molecule has 0 bridgehead atoms. The molecular formula is C46H54N16O2. The van der Waals surface area contributed by atoms with Crippen LogP contribution in [-0.4, -0.2) is 99.1 Å². The Morgan fingerprint density at radius 2 is 1.23 bits per heavy atom. The molecule has 64 heavy (non-hydrogen) atoms. The zero-order valence-corrected chi connectivity index (χ0v) is 36.9. The average Bonchev–Trinajstić information content (AvgIpc) is 4.11. The zero-order chi connectivity index (χ0) is 44.2. The molecule has 2 aliphatic carbocycles. The number of rotatable bonds is 16. The number of aromatic nitrogens is 14. The van der Waals surface area contributed by atoms with Crippen molar-refractivity contribution in [3.63, 3.8) is 0 Å². The molecule has 0 spiro atoms. The van der Waals surface area contributed by atoms with E-state index in [0.29, 0.717) is 25.3 Å². The van der Waals surface area contributed by atoms with Gasteiger partial charge in [0.1, 0.15) is 0 Å². The van der Waals surface area contributed by atoms with E-state index in [4.69, 9.17) is 31.0 Å². The number of aryl methyl sites for hydroxylation is 1. The van der Waals surface area contributed by atoms with Crippen LogP contribution in [0.4, 0.5) is 0 Å². The minimum atomic E-state index is -0.262. The number of nitrogens with zero attached hydrogens (tertiary/aromatic N) is 15. The fourth-order valence-electron chi connectivity index (χ4n) is 9.45. The summed E-state index contributed by atoms with van der Waals surface area (Å²) < 4.78 is 11.8. The smallest absolute Gasteiger partial charge is 0.225 e. The molecule has 2 N–H and O–H groups in total. The van der Waals surface area contributed by atoms with Crippen LogP contribution >= 0.6 is 0 Å². The maximum atomic E-state index is 12.4. The minimum absolute atomic E-state index is 0.0369. The highest BCUT2D eigenvalue weighted by Gasteiger charge is 2.37. The Bertz CT molecular complexity index is 2960. The molecule has 330 valence electrons. The molecule has 1 unspecified atom stereocenters. The average molecular weight is 863 g/mol. The third-order valence-electron chi connectivity index (χ3n) is 13.6. The standard InChI is InChI=1S/C46H54N16O2/c1-6-33(7-2)57-23-31(20-51-57)44-42-12-14-49-62(42)27-40(54-44)37-25-60(36-15-28(16-36)45(47)63)55-38(37)10-9-34(8-3)58-24-32(21-52-58)43-41-11-13-48-61(41)26-39(53-43)30-19-50-59(22-30)35-17-29(18-35)46(64)56(4)5/h11-14,19-29,33-36H,6-10,15-18H2,1-5H3,(H2,47,63). The first-order valence-electron chi connectivity index (χ1n) is 22.5. The van der Waals surface area contributed by atoms with E-state index >= 15 is 0 Å². The van der Waals surface area contributed by atoms with E-state index in [-0.39, 0.29) is 41.8 Å². The van der Waals surface area contributed by atoms with Crippen molar-refractivity contribution in [2.24, 2.45) is 17.6 Å². The summed E-state index contributed by atoms with van der Waals surface area (Å²) in [7, 11) is 3.61. The Kier molecular flexibility index (Phi) is 10.7. The number of carbonyl (C=O) groups excluding carboxylic acids is 2. The van der Waals surface area contributed by atoms with Crippen LogP contribution in [0.15, 0.2) is 80.3 Å². The number of amides is 2. The van der Waals surface area contributed by atoms with Crippen molar-refractivity contribution in [2.45, 2.75) is 103 Å². The van der Waals surface area contributed by atoms with Crippen LogP contribution in [0.2, 0.25) is 0 Å². The Labute approximate surface area is 370 Å². The Morgan fingerprint density at radius 1 is 0.672 bits per heavy atom. The van der Waals surface area contributed by atoms with Crippen LogP contribution in [0.1, 0.15) is 102 Å². The Balaban J connectivity index is 0.923. The second-order valence-electron chi connectivity index (χ2n) is 17.7. The molecular weight excluding hydrogens is 809 g/mol. The van der Waals surface area contributed by atoms with E-state index in [2.05, 4.69) is 54.7 Å². The second-order valence-corrected chi connectivity index (χ2v) is 17.7. The van der Waals surface area contributed by atoms with Crippen molar-refractivity contribution >= 4 is 22.8 Å². The lowest BCUT2D eigenvalue weighted by molar-refractivity contribution is -0.137. The minimum Gasteiger partial charge on any atom is -0.369 e. The predicted molar refractivity (Wildman–Crippen MR) is 240 cm³/mol. The number of primary amides is 1. The monoisotopic (exact) mass is 862 g/mol. The summed E-state index contributed by atoms with van der Waals surface area (Å²) in [5, 5.41) is 28.7. The topological polar surface area (TPSA) is 195 Å². The number of carbonyl (C=O) groups is 2. The Hall–Kier alpha value is -6.98. The van der Waals surface area contributed by atoms with Gasteiger partial charge in [-0.2, -0.15) is 30.6 Å². The molecule has 0 aromatic carbocycles. The van der Waals surface area contributed by atoms with E-state index in [9.17, 15) is 9.59 Å². The highest BCUT2D eigenvalue weighted by atomic mass is 16.2. The molecule has 8 heterocycles. The summed E-state index contributed by atoms with van der Waals surface area (Å²) in [5.41, 5.74) is 15.1. The molecule has 18 heteroatoms. The van der Waals surface area contributed by atoms with Gasteiger partial charge in [0.2, 0.25) is 11.8 Å². The fraction of sp³-hybridized carbons (Fsp3) is 0.435. The lowest BCUT2D eigenvalue weighted by atomic mass is 9.79. The first-order valence-corrected chi connectivity index (χ1v) is 22.5. The number of fused-ring (bicyclic) bond motifs is 2. The molecule has 10 rings (SSSR count). The highest BCUT2D eigenvalue weighted by Crippen LogP contribution is 2.41. The van der Waals surface area contributed by atoms with Crippen molar-refractivity contribution in [1.82, 2.24) is 73.2 Å². The fourth-order valence-corrected chi connectivity index (χ4v) is 9.45.